The van der Waals surface area contributed by atoms with E-state index >= 15 is 0 Å². The van der Waals surface area contributed by atoms with Gasteiger partial charge in [0.05, 0.1) is 31.0 Å². The standard InChI is InChI=1S/C40H78O7Si4/c1-18-50(19-2,20-3)43-30-34(46-51(21-4,22-5)23-6)37(45-38(41)32-27-25-24-26-28-32)36(47-49(16,17)40(11,12)13)31(7)35-33(44-35)29-42-48(14,15)39(8,9)10/h24-28,31,33-37H,18-23,29-30H2,1-17H3/t31-,33+,34+,35-,36+,37+/m0/s1. The zero-order valence-corrected chi connectivity index (χ0v) is 39.9. The highest BCUT2D eigenvalue weighted by Crippen LogP contribution is 2.44. The minimum absolute atomic E-state index is 0.0311. The third-order valence-electron chi connectivity index (χ3n) is 13.1. The first kappa shape index (κ1) is 46.5. The van der Waals surface area contributed by atoms with E-state index in [4.69, 9.17) is 27.2 Å². The molecule has 1 aromatic carbocycles. The van der Waals surface area contributed by atoms with E-state index in [1.54, 1.807) is 0 Å². The van der Waals surface area contributed by atoms with Crippen LogP contribution in [0.4, 0.5) is 0 Å². The fraction of sp³-hybridized carbons (Fsp3) is 0.825. The molecule has 1 fully saturated rings. The van der Waals surface area contributed by atoms with Gasteiger partial charge in [-0.15, -0.1) is 0 Å². The fourth-order valence-corrected chi connectivity index (χ4v) is 14.3. The molecule has 0 radical (unpaired) electrons. The van der Waals surface area contributed by atoms with Gasteiger partial charge < -0.3 is 27.2 Å². The van der Waals surface area contributed by atoms with Crippen molar-refractivity contribution in [3.8, 4) is 0 Å². The van der Waals surface area contributed by atoms with Crippen molar-refractivity contribution in [1.82, 2.24) is 0 Å². The van der Waals surface area contributed by atoms with Crippen molar-refractivity contribution in [2.75, 3.05) is 13.2 Å². The maximum absolute atomic E-state index is 14.2. The van der Waals surface area contributed by atoms with Gasteiger partial charge in [-0.1, -0.05) is 108 Å². The molecule has 0 aliphatic carbocycles. The van der Waals surface area contributed by atoms with Crippen LogP contribution in [0, 0.1) is 5.92 Å². The van der Waals surface area contributed by atoms with Gasteiger partial charge in [0.15, 0.2) is 39.4 Å². The Kier molecular flexibility index (Phi) is 17.1. The van der Waals surface area contributed by atoms with Gasteiger partial charge in [-0.25, -0.2) is 4.79 Å². The third kappa shape index (κ3) is 12.2. The average molecular weight is 783 g/mol. The maximum atomic E-state index is 14.2. The summed E-state index contributed by atoms with van der Waals surface area (Å²) in [6, 6.07) is 15.4. The molecule has 1 aromatic rings. The monoisotopic (exact) mass is 782 g/mol. The Balaban J connectivity index is 2.74. The van der Waals surface area contributed by atoms with Crippen LogP contribution < -0.4 is 0 Å². The number of hydrogen-bond acceptors (Lipinski definition) is 7. The molecule has 1 aliphatic rings. The lowest BCUT2D eigenvalue weighted by molar-refractivity contribution is -0.0926. The minimum atomic E-state index is -2.39. The van der Waals surface area contributed by atoms with E-state index in [1.165, 1.54) is 0 Å². The fourth-order valence-electron chi connectivity index (χ4n) is 6.39. The van der Waals surface area contributed by atoms with Crippen LogP contribution in [0.15, 0.2) is 30.3 Å². The molecule has 11 heteroatoms. The Morgan fingerprint density at radius 3 is 1.65 bits per heavy atom. The van der Waals surface area contributed by atoms with E-state index < -0.39 is 51.6 Å². The molecule has 0 bridgehead atoms. The molecule has 0 N–H and O–H groups in total. The van der Waals surface area contributed by atoms with Crippen LogP contribution in [0.1, 0.15) is 100 Å². The molecule has 7 nitrogen and oxygen atoms in total. The number of rotatable bonds is 22. The predicted molar refractivity (Wildman–Crippen MR) is 224 cm³/mol. The lowest BCUT2D eigenvalue weighted by Gasteiger charge is -2.46. The lowest BCUT2D eigenvalue weighted by atomic mass is 9.92. The molecule has 51 heavy (non-hydrogen) atoms. The molecule has 296 valence electrons. The molecule has 0 saturated carbocycles. The van der Waals surface area contributed by atoms with E-state index in [-0.39, 0.29) is 34.2 Å². The second-order valence-electron chi connectivity index (χ2n) is 18.1. The van der Waals surface area contributed by atoms with E-state index in [2.05, 4.69) is 116 Å². The number of ether oxygens (including phenoxy) is 2. The number of esters is 1. The molecule has 1 heterocycles. The number of epoxide rings is 1. The number of carbonyl (C=O) groups is 1. The second kappa shape index (κ2) is 18.8. The minimum Gasteiger partial charge on any atom is -0.453 e. The highest BCUT2D eigenvalue weighted by molar-refractivity contribution is 6.75. The van der Waals surface area contributed by atoms with Crippen LogP contribution in [0.3, 0.4) is 0 Å². The molecule has 2 rings (SSSR count). The van der Waals surface area contributed by atoms with Crippen LogP contribution in [0.25, 0.3) is 0 Å². The summed E-state index contributed by atoms with van der Waals surface area (Å²) in [6.07, 6.45) is -1.74. The van der Waals surface area contributed by atoms with E-state index in [1.807, 2.05) is 30.3 Å². The maximum Gasteiger partial charge on any atom is 0.338 e. The highest BCUT2D eigenvalue weighted by atomic mass is 28.4. The van der Waals surface area contributed by atoms with Crippen molar-refractivity contribution >= 4 is 39.2 Å². The van der Waals surface area contributed by atoms with Gasteiger partial charge in [-0.05, 0) is 84.7 Å². The number of benzene rings is 1. The largest absolute Gasteiger partial charge is 0.453 e. The third-order valence-corrected chi connectivity index (χ3v) is 31.4. The smallest absolute Gasteiger partial charge is 0.338 e. The first-order valence-electron chi connectivity index (χ1n) is 20.1. The van der Waals surface area contributed by atoms with Crippen LogP contribution in [-0.2, 0) is 27.2 Å². The lowest BCUT2D eigenvalue weighted by Crippen LogP contribution is -2.58. The first-order chi connectivity index (χ1) is 23.5. The van der Waals surface area contributed by atoms with Gasteiger partial charge >= 0.3 is 5.97 Å². The molecular weight excluding hydrogens is 705 g/mol. The molecule has 0 spiro atoms. The van der Waals surface area contributed by atoms with Gasteiger partial charge in [0, 0.05) is 5.92 Å². The van der Waals surface area contributed by atoms with Gasteiger partial charge in [0.2, 0.25) is 0 Å². The molecule has 0 aromatic heterocycles. The molecule has 0 amide bonds. The van der Waals surface area contributed by atoms with E-state index in [9.17, 15) is 4.79 Å². The topological polar surface area (TPSA) is 75.8 Å². The Morgan fingerprint density at radius 1 is 0.706 bits per heavy atom. The van der Waals surface area contributed by atoms with Crippen molar-refractivity contribution in [2.45, 2.75) is 193 Å². The first-order valence-corrected chi connectivity index (χ1v) is 30.9. The van der Waals surface area contributed by atoms with Crippen molar-refractivity contribution in [3.05, 3.63) is 35.9 Å². The number of hydrogen-bond donors (Lipinski definition) is 0. The Bertz CT molecular complexity index is 1170. The van der Waals surface area contributed by atoms with Crippen molar-refractivity contribution in [2.24, 2.45) is 5.92 Å². The summed E-state index contributed by atoms with van der Waals surface area (Å²) in [4.78, 5) is 14.2. The normalized spacial score (nSPS) is 20.1. The molecule has 1 aliphatic heterocycles. The quantitative estimate of drug-likeness (QED) is 0.0658. The molecular formula is C40H78O7Si4. The zero-order valence-electron chi connectivity index (χ0n) is 35.9. The zero-order chi connectivity index (χ0) is 39.1. The molecule has 1 saturated heterocycles. The summed E-state index contributed by atoms with van der Waals surface area (Å²) in [5.41, 5.74) is 0.522. The Labute approximate surface area is 318 Å². The Hall–Kier alpha value is -0.642. The van der Waals surface area contributed by atoms with Gasteiger partial charge in [-0.2, -0.15) is 0 Å². The Morgan fingerprint density at radius 2 is 1.20 bits per heavy atom. The summed E-state index contributed by atoms with van der Waals surface area (Å²) in [5.74, 6) is -0.445. The van der Waals surface area contributed by atoms with Gasteiger partial charge in [-0.3, -0.25) is 0 Å². The molecule has 6 atom stereocenters. The summed E-state index contributed by atoms with van der Waals surface area (Å²) in [5, 5.41) is 0.0467. The van der Waals surface area contributed by atoms with Gasteiger partial charge in [0.25, 0.3) is 0 Å². The summed E-state index contributed by atoms with van der Waals surface area (Å²) >= 11 is 0. The van der Waals surface area contributed by atoms with Crippen molar-refractivity contribution in [1.29, 1.82) is 0 Å². The van der Waals surface area contributed by atoms with Crippen LogP contribution in [0.2, 0.25) is 72.5 Å². The van der Waals surface area contributed by atoms with Gasteiger partial charge in [0.1, 0.15) is 12.2 Å². The average Bonchev–Trinajstić information content (AvgIpc) is 3.87. The van der Waals surface area contributed by atoms with Crippen molar-refractivity contribution in [3.63, 3.8) is 0 Å². The van der Waals surface area contributed by atoms with Crippen LogP contribution >= 0.6 is 0 Å². The molecule has 0 unspecified atom stereocenters. The van der Waals surface area contributed by atoms with Crippen LogP contribution in [-0.4, -0.2) is 83.0 Å². The predicted octanol–water partition coefficient (Wildman–Crippen LogP) is 11.4. The number of carbonyl (C=O) groups excluding carboxylic acids is 1. The van der Waals surface area contributed by atoms with E-state index in [0.29, 0.717) is 18.8 Å². The summed E-state index contributed by atoms with van der Waals surface area (Å²) < 4.78 is 41.8. The highest BCUT2D eigenvalue weighted by Gasteiger charge is 2.54. The van der Waals surface area contributed by atoms with Crippen molar-refractivity contribution < 1.29 is 32.0 Å². The van der Waals surface area contributed by atoms with E-state index in [0.717, 1.165) is 36.3 Å². The summed E-state index contributed by atoms with van der Waals surface area (Å²) in [7, 11) is -8.57. The second-order valence-corrected chi connectivity index (χ2v) is 37.2. The SMILES string of the molecule is CC[Si](CC)(CC)OC[C@@H](O[Si](CC)(CC)CC)[C@@H](OC(=O)c1ccccc1)[C@H](O[Si](C)(C)C(C)(C)C)[C@@H](C)[C@@H]1O[C@@H]1CO[Si](C)(C)C(C)(C)C. The summed E-state index contributed by atoms with van der Waals surface area (Å²) in [6.45, 7) is 39.4. The van der Waals surface area contributed by atoms with Crippen LogP contribution in [0.5, 0.6) is 0 Å².